The summed E-state index contributed by atoms with van der Waals surface area (Å²) in [5, 5.41) is 3.51. The van der Waals surface area contributed by atoms with Gasteiger partial charge in [-0.2, -0.15) is 13.2 Å². The molecular weight excluding hydrogens is 303 g/mol. The van der Waals surface area contributed by atoms with E-state index in [4.69, 9.17) is 11.6 Å². The first-order valence-corrected chi connectivity index (χ1v) is 6.94. The molecule has 1 aliphatic rings. The summed E-state index contributed by atoms with van der Waals surface area (Å²) in [4.78, 5) is 4.07. The zero-order chi connectivity index (χ0) is 15.0. The summed E-state index contributed by atoms with van der Waals surface area (Å²) in [5.41, 5.74) is 0.471. The molecule has 0 radical (unpaired) electrons. The number of halogens is 4. The maximum atomic E-state index is 12.9. The molecule has 1 aliphatic heterocycles. The van der Waals surface area contributed by atoms with Crippen molar-refractivity contribution in [3.05, 3.63) is 47.0 Å². The molecule has 0 aliphatic carbocycles. The van der Waals surface area contributed by atoms with Gasteiger partial charge in [0.1, 0.15) is 0 Å². The zero-order valence-corrected chi connectivity index (χ0v) is 11.7. The van der Waals surface area contributed by atoms with Crippen LogP contribution in [0.5, 0.6) is 0 Å². The van der Waals surface area contributed by atoms with Crippen molar-refractivity contribution < 1.29 is 13.2 Å². The lowest BCUT2D eigenvalue weighted by Gasteiger charge is -2.16. The van der Waals surface area contributed by atoms with Crippen LogP contribution in [0.3, 0.4) is 0 Å². The summed E-state index contributed by atoms with van der Waals surface area (Å²) < 4.78 is 40.2. The van der Waals surface area contributed by atoms with E-state index in [1.165, 1.54) is 12.4 Å². The quantitative estimate of drug-likeness (QED) is 0.917. The fourth-order valence-corrected chi connectivity index (χ4v) is 2.80. The molecule has 0 amide bonds. The van der Waals surface area contributed by atoms with Crippen LogP contribution in [0, 0.1) is 0 Å². The maximum absolute atomic E-state index is 12.9. The standard InChI is InChI=1S/C14H13ClF3N3/c15-11-2-1-10(14(16,17)18)5-12(11)21-8-20-7-13(21)9-3-4-19-6-9/h1-2,5,7-9,19H,3-4,6H2. The third-order valence-corrected chi connectivity index (χ3v) is 4.00. The molecule has 1 fully saturated rings. The minimum Gasteiger partial charge on any atom is -0.316 e. The Balaban J connectivity index is 2.06. The number of imidazole rings is 1. The first-order valence-electron chi connectivity index (χ1n) is 6.57. The van der Waals surface area contributed by atoms with Crippen LogP contribution < -0.4 is 5.32 Å². The van der Waals surface area contributed by atoms with Crippen LogP contribution in [-0.4, -0.2) is 22.6 Å². The van der Waals surface area contributed by atoms with E-state index in [1.54, 1.807) is 10.8 Å². The fourth-order valence-electron chi connectivity index (χ4n) is 2.59. The molecule has 3 nitrogen and oxygen atoms in total. The molecule has 1 saturated heterocycles. The Morgan fingerprint density at radius 3 is 2.81 bits per heavy atom. The molecule has 1 aromatic carbocycles. The smallest absolute Gasteiger partial charge is 0.316 e. The topological polar surface area (TPSA) is 29.9 Å². The first kappa shape index (κ1) is 14.4. The molecular formula is C14H13ClF3N3. The van der Waals surface area contributed by atoms with Crippen LogP contribution in [-0.2, 0) is 6.18 Å². The van der Waals surface area contributed by atoms with Crippen molar-refractivity contribution in [3.8, 4) is 5.69 Å². The summed E-state index contributed by atoms with van der Waals surface area (Å²) in [5.74, 6) is 0.234. The molecule has 112 valence electrons. The van der Waals surface area contributed by atoms with Gasteiger partial charge in [0, 0.05) is 24.4 Å². The minimum absolute atomic E-state index is 0.234. The van der Waals surface area contributed by atoms with Crippen molar-refractivity contribution in [2.24, 2.45) is 0 Å². The van der Waals surface area contributed by atoms with Gasteiger partial charge in [-0.15, -0.1) is 0 Å². The average Bonchev–Trinajstić information content (AvgIpc) is 3.08. The third kappa shape index (κ3) is 2.78. The van der Waals surface area contributed by atoms with Gasteiger partial charge in [0.2, 0.25) is 0 Å². The largest absolute Gasteiger partial charge is 0.416 e. The highest BCUT2D eigenvalue weighted by atomic mass is 35.5. The molecule has 1 atom stereocenters. The predicted octanol–water partition coefficient (Wildman–Crippen LogP) is 3.62. The Bertz CT molecular complexity index is 645. The Morgan fingerprint density at radius 1 is 1.33 bits per heavy atom. The van der Waals surface area contributed by atoms with E-state index in [2.05, 4.69) is 10.3 Å². The Morgan fingerprint density at radius 2 is 2.14 bits per heavy atom. The van der Waals surface area contributed by atoms with E-state index >= 15 is 0 Å². The first-order chi connectivity index (χ1) is 9.97. The fraction of sp³-hybridized carbons (Fsp3) is 0.357. The number of benzene rings is 1. The normalized spacial score (nSPS) is 19.1. The lowest BCUT2D eigenvalue weighted by molar-refractivity contribution is -0.137. The van der Waals surface area contributed by atoms with Gasteiger partial charge in [-0.05, 0) is 31.2 Å². The van der Waals surface area contributed by atoms with Gasteiger partial charge in [0.05, 0.1) is 22.6 Å². The molecule has 7 heteroatoms. The second kappa shape index (κ2) is 5.35. The van der Waals surface area contributed by atoms with E-state index in [0.29, 0.717) is 5.69 Å². The van der Waals surface area contributed by atoms with Crippen LogP contribution >= 0.6 is 11.6 Å². The van der Waals surface area contributed by atoms with Crippen molar-refractivity contribution in [1.82, 2.24) is 14.9 Å². The summed E-state index contributed by atoms with van der Waals surface area (Å²) in [6.07, 6.45) is -0.263. The van der Waals surface area contributed by atoms with Crippen molar-refractivity contribution in [1.29, 1.82) is 0 Å². The molecule has 2 aromatic rings. The molecule has 21 heavy (non-hydrogen) atoms. The number of aromatic nitrogens is 2. The second-order valence-electron chi connectivity index (χ2n) is 5.04. The van der Waals surface area contributed by atoms with E-state index < -0.39 is 11.7 Å². The molecule has 1 unspecified atom stereocenters. The number of nitrogens with one attached hydrogen (secondary N) is 1. The summed E-state index contributed by atoms with van der Waals surface area (Å²) in [7, 11) is 0. The van der Waals surface area contributed by atoms with Crippen molar-refractivity contribution in [2.75, 3.05) is 13.1 Å². The van der Waals surface area contributed by atoms with Gasteiger partial charge >= 0.3 is 6.18 Å². The van der Waals surface area contributed by atoms with Crippen molar-refractivity contribution in [3.63, 3.8) is 0 Å². The monoisotopic (exact) mass is 315 g/mol. The predicted molar refractivity (Wildman–Crippen MR) is 73.8 cm³/mol. The van der Waals surface area contributed by atoms with Gasteiger partial charge in [-0.25, -0.2) is 4.98 Å². The molecule has 1 aromatic heterocycles. The number of rotatable bonds is 2. The van der Waals surface area contributed by atoms with Crippen LogP contribution in [0.25, 0.3) is 5.69 Å². The third-order valence-electron chi connectivity index (χ3n) is 3.68. The average molecular weight is 316 g/mol. The lowest BCUT2D eigenvalue weighted by atomic mass is 10.1. The zero-order valence-electron chi connectivity index (χ0n) is 11.0. The number of alkyl halides is 3. The molecule has 0 spiro atoms. The molecule has 1 N–H and O–H groups in total. The van der Waals surface area contributed by atoms with Gasteiger partial charge in [0.15, 0.2) is 0 Å². The van der Waals surface area contributed by atoms with E-state index in [-0.39, 0.29) is 10.9 Å². The summed E-state index contributed by atoms with van der Waals surface area (Å²) in [6, 6.07) is 3.33. The second-order valence-corrected chi connectivity index (χ2v) is 5.45. The highest BCUT2D eigenvalue weighted by Crippen LogP contribution is 2.34. The Labute approximate surface area is 124 Å². The number of hydrogen-bond donors (Lipinski definition) is 1. The van der Waals surface area contributed by atoms with Crippen LogP contribution in [0.4, 0.5) is 13.2 Å². The van der Waals surface area contributed by atoms with Crippen LogP contribution in [0.1, 0.15) is 23.6 Å². The lowest BCUT2D eigenvalue weighted by Crippen LogP contribution is -2.12. The minimum atomic E-state index is -4.39. The maximum Gasteiger partial charge on any atom is 0.416 e. The molecule has 0 saturated carbocycles. The SMILES string of the molecule is FC(F)(F)c1ccc(Cl)c(-n2cncc2C2CCNC2)c1. The number of nitrogens with zero attached hydrogens (tertiary/aromatic N) is 2. The van der Waals surface area contributed by atoms with Crippen molar-refractivity contribution >= 4 is 11.6 Å². The molecule has 2 heterocycles. The Kier molecular flexibility index (Phi) is 3.67. The highest BCUT2D eigenvalue weighted by Gasteiger charge is 2.31. The van der Waals surface area contributed by atoms with E-state index in [0.717, 1.165) is 37.3 Å². The molecule has 0 bridgehead atoms. The van der Waals surface area contributed by atoms with Crippen LogP contribution in [0.15, 0.2) is 30.7 Å². The van der Waals surface area contributed by atoms with Gasteiger partial charge in [-0.1, -0.05) is 11.6 Å². The van der Waals surface area contributed by atoms with Gasteiger partial charge in [-0.3, -0.25) is 0 Å². The van der Waals surface area contributed by atoms with Gasteiger partial charge in [0.25, 0.3) is 0 Å². The van der Waals surface area contributed by atoms with Crippen LogP contribution in [0.2, 0.25) is 5.02 Å². The van der Waals surface area contributed by atoms with Crippen molar-refractivity contribution in [2.45, 2.75) is 18.5 Å². The highest BCUT2D eigenvalue weighted by molar-refractivity contribution is 6.32. The summed E-state index contributed by atoms with van der Waals surface area (Å²) >= 11 is 6.08. The molecule has 3 rings (SSSR count). The number of hydrogen-bond acceptors (Lipinski definition) is 2. The van der Waals surface area contributed by atoms with E-state index in [9.17, 15) is 13.2 Å². The Hall–Kier alpha value is -1.53. The summed E-state index contributed by atoms with van der Waals surface area (Å²) in [6.45, 7) is 1.69. The van der Waals surface area contributed by atoms with Gasteiger partial charge < -0.3 is 9.88 Å². The van der Waals surface area contributed by atoms with E-state index in [1.807, 2.05) is 0 Å².